The Labute approximate surface area is 107 Å². The van der Waals surface area contributed by atoms with Crippen molar-refractivity contribution < 1.29 is 9.13 Å². The van der Waals surface area contributed by atoms with Crippen molar-refractivity contribution >= 4 is 40.0 Å². The molecule has 0 aromatic heterocycles. The van der Waals surface area contributed by atoms with Crippen molar-refractivity contribution in [1.29, 1.82) is 0 Å². The summed E-state index contributed by atoms with van der Waals surface area (Å²) < 4.78 is 18.7. The van der Waals surface area contributed by atoms with Crippen molar-refractivity contribution in [1.82, 2.24) is 0 Å². The Balaban J connectivity index is 2.57. The molecule has 0 fully saturated rings. The number of halogens is 2. The van der Waals surface area contributed by atoms with E-state index < -0.39 is 0 Å². The van der Waals surface area contributed by atoms with Gasteiger partial charge in [-0.05, 0) is 41.1 Å². The summed E-state index contributed by atoms with van der Waals surface area (Å²) in [5.74, 6) is 0.678. The zero-order valence-electron chi connectivity index (χ0n) is 8.43. The maximum atomic E-state index is 13.2. The van der Waals surface area contributed by atoms with E-state index in [1.807, 2.05) is 22.6 Å². The Bertz CT molecular complexity index is 335. The molecule has 2 N–H and O–H groups in total. The lowest BCUT2D eigenvalue weighted by atomic mass is 10.3. The Morgan fingerprint density at radius 2 is 2.27 bits per heavy atom. The van der Waals surface area contributed by atoms with E-state index in [1.54, 1.807) is 24.9 Å². The van der Waals surface area contributed by atoms with Gasteiger partial charge < -0.3 is 10.5 Å². The number of hydrogen-bond donors (Lipinski definition) is 1. The van der Waals surface area contributed by atoms with Crippen LogP contribution in [-0.4, -0.2) is 19.5 Å². The molecule has 0 aliphatic heterocycles. The highest BCUT2D eigenvalue weighted by atomic mass is 127. The van der Waals surface area contributed by atoms with Gasteiger partial charge in [0.05, 0.1) is 3.57 Å². The van der Waals surface area contributed by atoms with Gasteiger partial charge in [0.25, 0.3) is 0 Å². The molecular weight excluding hydrogens is 328 g/mol. The summed E-state index contributed by atoms with van der Waals surface area (Å²) in [7, 11) is 1.67. The van der Waals surface area contributed by atoms with E-state index in [2.05, 4.69) is 0 Å². The van der Waals surface area contributed by atoms with E-state index in [-0.39, 0.29) is 5.82 Å². The maximum absolute atomic E-state index is 13.2. The van der Waals surface area contributed by atoms with Crippen molar-refractivity contribution in [3.63, 3.8) is 0 Å². The van der Waals surface area contributed by atoms with Gasteiger partial charge in [-0.2, -0.15) is 0 Å². The van der Waals surface area contributed by atoms with Gasteiger partial charge in [-0.1, -0.05) is 0 Å². The minimum atomic E-state index is -0.209. The summed E-state index contributed by atoms with van der Waals surface area (Å²) in [6.07, 6.45) is 0.939. The number of anilines is 1. The number of methoxy groups -OCH3 is 1. The SMILES string of the molecule is COCCCSc1cc(F)c(I)cc1N. The number of rotatable bonds is 5. The highest BCUT2D eigenvalue weighted by molar-refractivity contribution is 14.1. The first-order valence-corrected chi connectivity index (χ1v) is 6.58. The lowest BCUT2D eigenvalue weighted by Gasteiger charge is -2.06. The van der Waals surface area contributed by atoms with Gasteiger partial charge in [-0.25, -0.2) is 4.39 Å². The predicted octanol–water partition coefficient (Wildman–Crippen LogP) is 3.14. The summed E-state index contributed by atoms with van der Waals surface area (Å²) in [4.78, 5) is 0.809. The van der Waals surface area contributed by atoms with Crippen LogP contribution in [0.3, 0.4) is 0 Å². The largest absolute Gasteiger partial charge is 0.398 e. The fourth-order valence-corrected chi connectivity index (χ4v) is 2.44. The van der Waals surface area contributed by atoms with Gasteiger partial charge in [0.1, 0.15) is 5.82 Å². The first-order chi connectivity index (χ1) is 7.15. The lowest BCUT2D eigenvalue weighted by Crippen LogP contribution is -1.95. The molecule has 1 aromatic rings. The molecule has 0 radical (unpaired) electrons. The van der Waals surface area contributed by atoms with Crippen molar-refractivity contribution in [2.24, 2.45) is 0 Å². The molecule has 1 rings (SSSR count). The minimum Gasteiger partial charge on any atom is -0.398 e. The Hall–Kier alpha value is -0.0100. The molecule has 15 heavy (non-hydrogen) atoms. The molecule has 0 bridgehead atoms. The number of ether oxygens (including phenoxy) is 1. The van der Waals surface area contributed by atoms with Crippen LogP contribution in [0.4, 0.5) is 10.1 Å². The maximum Gasteiger partial charge on any atom is 0.137 e. The topological polar surface area (TPSA) is 35.2 Å². The second-order valence-electron chi connectivity index (χ2n) is 3.00. The van der Waals surface area contributed by atoms with E-state index >= 15 is 0 Å². The van der Waals surface area contributed by atoms with Crippen LogP contribution in [0.5, 0.6) is 0 Å². The summed E-state index contributed by atoms with van der Waals surface area (Å²) in [6, 6.07) is 3.16. The zero-order valence-corrected chi connectivity index (χ0v) is 11.4. The zero-order chi connectivity index (χ0) is 11.3. The lowest BCUT2D eigenvalue weighted by molar-refractivity contribution is 0.200. The molecule has 0 saturated heterocycles. The van der Waals surface area contributed by atoms with E-state index in [1.165, 1.54) is 6.07 Å². The quantitative estimate of drug-likeness (QED) is 0.387. The second-order valence-corrected chi connectivity index (χ2v) is 5.30. The molecule has 0 aliphatic carbocycles. The highest BCUT2D eigenvalue weighted by Crippen LogP contribution is 2.28. The number of benzene rings is 1. The van der Waals surface area contributed by atoms with Gasteiger partial charge in [0.15, 0.2) is 0 Å². The van der Waals surface area contributed by atoms with E-state index in [4.69, 9.17) is 10.5 Å². The van der Waals surface area contributed by atoms with Gasteiger partial charge in [-0.3, -0.25) is 0 Å². The smallest absolute Gasteiger partial charge is 0.137 e. The number of hydrogen-bond acceptors (Lipinski definition) is 3. The van der Waals surface area contributed by atoms with Crippen LogP contribution in [0.15, 0.2) is 17.0 Å². The normalized spacial score (nSPS) is 10.6. The summed E-state index contributed by atoms with van der Waals surface area (Å²) in [5, 5.41) is 0. The molecule has 0 saturated carbocycles. The Morgan fingerprint density at radius 3 is 2.93 bits per heavy atom. The minimum absolute atomic E-state index is 0.209. The van der Waals surface area contributed by atoms with Crippen molar-refractivity contribution in [2.75, 3.05) is 25.2 Å². The van der Waals surface area contributed by atoms with E-state index in [0.29, 0.717) is 9.26 Å². The van der Waals surface area contributed by atoms with Crippen LogP contribution in [0, 0.1) is 9.39 Å². The van der Waals surface area contributed by atoms with Crippen LogP contribution in [-0.2, 0) is 4.74 Å². The third-order valence-corrected chi connectivity index (χ3v) is 3.79. The van der Waals surface area contributed by atoms with Crippen LogP contribution in [0.1, 0.15) is 6.42 Å². The van der Waals surface area contributed by atoms with Crippen LogP contribution in [0.25, 0.3) is 0 Å². The van der Waals surface area contributed by atoms with Gasteiger partial charge >= 0.3 is 0 Å². The summed E-state index contributed by atoms with van der Waals surface area (Å²) >= 11 is 3.49. The third kappa shape index (κ3) is 4.16. The summed E-state index contributed by atoms with van der Waals surface area (Å²) in [5.41, 5.74) is 6.42. The van der Waals surface area contributed by atoms with E-state index in [0.717, 1.165) is 23.7 Å². The number of nitrogen functional groups attached to an aromatic ring is 1. The van der Waals surface area contributed by atoms with Crippen molar-refractivity contribution in [2.45, 2.75) is 11.3 Å². The molecule has 0 heterocycles. The average molecular weight is 341 g/mol. The molecule has 0 unspecified atom stereocenters. The van der Waals surface area contributed by atoms with E-state index in [9.17, 15) is 4.39 Å². The second kappa shape index (κ2) is 6.55. The standard InChI is InChI=1S/C10H13FINOS/c1-14-3-2-4-15-10-5-7(11)8(12)6-9(10)13/h5-6H,2-4,13H2,1H3. The van der Waals surface area contributed by atoms with Gasteiger partial charge in [0, 0.05) is 30.1 Å². The summed E-state index contributed by atoms with van der Waals surface area (Å²) in [6.45, 7) is 0.722. The van der Waals surface area contributed by atoms with Crippen LogP contribution in [0.2, 0.25) is 0 Å². The highest BCUT2D eigenvalue weighted by Gasteiger charge is 2.06. The Morgan fingerprint density at radius 1 is 1.53 bits per heavy atom. The fraction of sp³-hybridized carbons (Fsp3) is 0.400. The molecule has 0 amide bonds. The number of thioether (sulfide) groups is 1. The first-order valence-electron chi connectivity index (χ1n) is 4.51. The monoisotopic (exact) mass is 341 g/mol. The van der Waals surface area contributed by atoms with Crippen molar-refractivity contribution in [3.8, 4) is 0 Å². The van der Waals surface area contributed by atoms with Gasteiger partial charge in [-0.15, -0.1) is 11.8 Å². The predicted molar refractivity (Wildman–Crippen MR) is 70.7 cm³/mol. The van der Waals surface area contributed by atoms with Crippen LogP contribution < -0.4 is 5.73 Å². The van der Waals surface area contributed by atoms with Crippen molar-refractivity contribution in [3.05, 3.63) is 21.5 Å². The molecule has 2 nitrogen and oxygen atoms in total. The molecule has 0 aliphatic rings. The molecular formula is C10H13FINOS. The molecule has 0 atom stereocenters. The molecule has 1 aromatic carbocycles. The van der Waals surface area contributed by atoms with Gasteiger partial charge in [0.2, 0.25) is 0 Å². The first kappa shape index (κ1) is 13.1. The third-order valence-electron chi connectivity index (χ3n) is 1.80. The van der Waals surface area contributed by atoms with Crippen LogP contribution >= 0.6 is 34.4 Å². The fourth-order valence-electron chi connectivity index (χ4n) is 1.05. The molecule has 0 spiro atoms. The molecule has 5 heteroatoms. The molecule has 84 valence electrons. The number of nitrogens with two attached hydrogens (primary N) is 1. The average Bonchev–Trinajstić information content (AvgIpc) is 2.20. The Kier molecular flexibility index (Phi) is 5.70.